The van der Waals surface area contributed by atoms with Gasteiger partial charge in [-0.25, -0.2) is 0 Å². The first-order chi connectivity index (χ1) is 16.0. The lowest BCUT2D eigenvalue weighted by Crippen LogP contribution is -2.35. The van der Waals surface area contributed by atoms with E-state index in [1.54, 1.807) is 59.5 Å². The van der Waals surface area contributed by atoms with Gasteiger partial charge in [0.2, 0.25) is 6.79 Å². The third kappa shape index (κ3) is 4.08. The third-order valence-corrected chi connectivity index (χ3v) is 5.97. The van der Waals surface area contributed by atoms with Gasteiger partial charge in [0.15, 0.2) is 22.4 Å². The van der Waals surface area contributed by atoms with Gasteiger partial charge in [0.05, 0.1) is 12.2 Å². The molecule has 5 rings (SSSR count). The highest BCUT2D eigenvalue weighted by Crippen LogP contribution is 2.35. The molecule has 1 saturated heterocycles. The maximum atomic E-state index is 13.5. The highest BCUT2D eigenvalue weighted by atomic mass is 35.5. The predicted molar refractivity (Wildman–Crippen MR) is 130 cm³/mol. The average molecular weight is 477 g/mol. The zero-order valence-electron chi connectivity index (χ0n) is 17.2. The summed E-state index contributed by atoms with van der Waals surface area (Å²) >= 11 is 11.6. The molecule has 2 aliphatic heterocycles. The summed E-state index contributed by atoms with van der Waals surface area (Å²) in [5.74, 6) is 0.744. The summed E-state index contributed by atoms with van der Waals surface area (Å²) in [5.41, 5.74) is 2.13. The molecular weight excluding hydrogens is 460 g/mol. The van der Waals surface area contributed by atoms with E-state index in [-0.39, 0.29) is 30.1 Å². The molecule has 0 bridgehead atoms. The van der Waals surface area contributed by atoms with Crippen LogP contribution in [-0.2, 0) is 4.79 Å². The molecule has 0 spiro atoms. The number of para-hydroxylation sites is 1. The third-order valence-electron chi connectivity index (χ3n) is 5.32. The Kier molecular flexibility index (Phi) is 5.58. The summed E-state index contributed by atoms with van der Waals surface area (Å²) in [6, 6.07) is 21.1. The van der Waals surface area contributed by atoms with Crippen LogP contribution in [0.25, 0.3) is 6.08 Å². The quantitative estimate of drug-likeness (QED) is 0.296. The van der Waals surface area contributed by atoms with E-state index in [9.17, 15) is 9.59 Å². The van der Waals surface area contributed by atoms with Crippen molar-refractivity contribution in [2.24, 2.45) is 0 Å². The highest BCUT2D eigenvalue weighted by Gasteiger charge is 2.40. The molecule has 0 atom stereocenters. The monoisotopic (exact) mass is 476 g/mol. The first-order valence-electron chi connectivity index (χ1n) is 10.1. The van der Waals surface area contributed by atoms with Crippen LogP contribution in [0.1, 0.15) is 15.9 Å². The molecule has 0 saturated carbocycles. The van der Waals surface area contributed by atoms with Crippen LogP contribution in [0.4, 0.5) is 5.69 Å². The summed E-state index contributed by atoms with van der Waals surface area (Å²) in [5, 5.41) is 0.776. The molecule has 1 amide bonds. The van der Waals surface area contributed by atoms with Gasteiger partial charge in [0.25, 0.3) is 5.91 Å². The Morgan fingerprint density at radius 2 is 1.73 bits per heavy atom. The van der Waals surface area contributed by atoms with Crippen molar-refractivity contribution in [3.05, 3.63) is 94.6 Å². The number of hydrogen-bond acceptors (Lipinski definition) is 5. The van der Waals surface area contributed by atoms with E-state index in [0.29, 0.717) is 33.5 Å². The fourth-order valence-corrected chi connectivity index (χ4v) is 4.15. The molecule has 164 valence electrons. The smallest absolute Gasteiger partial charge is 0.281 e. The second-order valence-corrected chi connectivity index (χ2v) is 8.22. The maximum Gasteiger partial charge on any atom is 0.281 e. The summed E-state index contributed by atoms with van der Waals surface area (Å²) < 4.78 is 10.8. The van der Waals surface area contributed by atoms with Crippen molar-refractivity contribution in [2.75, 3.05) is 18.2 Å². The molecule has 3 aromatic rings. The van der Waals surface area contributed by atoms with Gasteiger partial charge in [0, 0.05) is 10.6 Å². The Labute approximate surface area is 200 Å². The molecule has 0 radical (unpaired) electrons. The number of carbonyl (C=O) groups excluding carboxylic acids is 2. The molecule has 0 aliphatic carbocycles. The minimum atomic E-state index is -0.312. The predicted octanol–water partition coefficient (Wildman–Crippen LogP) is 4.93. The van der Waals surface area contributed by atoms with Crippen molar-refractivity contribution in [2.45, 2.75) is 0 Å². The number of carbonyl (C=O) groups is 2. The van der Waals surface area contributed by atoms with E-state index in [4.69, 9.17) is 33.3 Å². The van der Waals surface area contributed by atoms with Gasteiger partial charge >= 0.3 is 0 Å². The molecule has 0 N–H and O–H groups in total. The van der Waals surface area contributed by atoms with E-state index in [2.05, 4.69) is 0 Å². The molecule has 0 unspecified atom stereocenters. The Bertz CT molecular complexity index is 1290. The van der Waals surface area contributed by atoms with Gasteiger partial charge in [-0.1, -0.05) is 35.9 Å². The summed E-state index contributed by atoms with van der Waals surface area (Å²) in [6.45, 7) is 0.0633. The molecule has 3 aromatic carbocycles. The molecular formula is C25H17ClN2O4S. The Morgan fingerprint density at radius 1 is 1.00 bits per heavy atom. The molecule has 2 aliphatic rings. The van der Waals surface area contributed by atoms with Crippen LogP contribution in [0.15, 0.2) is 78.5 Å². The van der Waals surface area contributed by atoms with Crippen molar-refractivity contribution in [3.8, 4) is 11.5 Å². The zero-order valence-corrected chi connectivity index (χ0v) is 18.8. The number of ether oxygens (including phenoxy) is 2. The largest absolute Gasteiger partial charge is 0.454 e. The van der Waals surface area contributed by atoms with Gasteiger partial charge in [-0.2, -0.15) is 0 Å². The minimum Gasteiger partial charge on any atom is -0.454 e. The molecule has 0 aromatic heterocycles. The van der Waals surface area contributed by atoms with Crippen LogP contribution in [0.5, 0.6) is 11.5 Å². The molecule has 2 heterocycles. The lowest BCUT2D eigenvalue weighted by molar-refractivity contribution is -0.114. The normalized spacial score (nSPS) is 16.1. The Balaban J connectivity index is 1.53. The van der Waals surface area contributed by atoms with Crippen molar-refractivity contribution >= 4 is 52.4 Å². The summed E-state index contributed by atoms with van der Waals surface area (Å²) in [7, 11) is 0. The zero-order chi connectivity index (χ0) is 22.9. The topological polar surface area (TPSA) is 59.1 Å². The van der Waals surface area contributed by atoms with Crippen molar-refractivity contribution in [3.63, 3.8) is 0 Å². The van der Waals surface area contributed by atoms with E-state index < -0.39 is 0 Å². The van der Waals surface area contributed by atoms with Crippen molar-refractivity contribution < 1.29 is 19.1 Å². The number of amides is 1. The fraction of sp³-hybridized carbons (Fsp3) is 0.0800. The number of ketones is 1. The minimum absolute atomic E-state index is 0.0913. The SMILES string of the molecule is O=C(CN1C(=S)N(c2ccccc2)C(=O)/C1=C\c1ccc2c(c1)OCO2)c1ccc(Cl)cc1. The number of fused-ring (bicyclic) bond motifs is 1. The number of hydrogen-bond donors (Lipinski definition) is 0. The van der Waals surface area contributed by atoms with Crippen molar-refractivity contribution in [1.82, 2.24) is 4.90 Å². The number of nitrogens with zero attached hydrogens (tertiary/aromatic N) is 2. The number of halogens is 1. The van der Waals surface area contributed by atoms with E-state index in [1.165, 1.54) is 4.90 Å². The van der Waals surface area contributed by atoms with Crippen molar-refractivity contribution in [1.29, 1.82) is 0 Å². The highest BCUT2D eigenvalue weighted by molar-refractivity contribution is 7.80. The number of benzene rings is 3. The van der Waals surface area contributed by atoms with Crippen LogP contribution in [-0.4, -0.2) is 35.0 Å². The van der Waals surface area contributed by atoms with Gasteiger partial charge in [0.1, 0.15) is 5.70 Å². The average Bonchev–Trinajstić information content (AvgIpc) is 3.38. The van der Waals surface area contributed by atoms with Gasteiger partial charge < -0.3 is 14.4 Å². The van der Waals surface area contributed by atoms with Crippen LogP contribution < -0.4 is 14.4 Å². The fourth-order valence-electron chi connectivity index (χ4n) is 3.67. The number of thiocarbonyl (C=S) groups is 1. The van der Waals surface area contributed by atoms with Crippen LogP contribution in [0.3, 0.4) is 0 Å². The van der Waals surface area contributed by atoms with E-state index >= 15 is 0 Å². The van der Waals surface area contributed by atoms with Gasteiger partial charge in [-0.05, 0) is 72.4 Å². The molecule has 33 heavy (non-hydrogen) atoms. The Hall–Kier alpha value is -3.68. The molecule has 1 fully saturated rings. The lowest BCUT2D eigenvalue weighted by Gasteiger charge is -2.19. The van der Waals surface area contributed by atoms with Crippen LogP contribution in [0, 0.1) is 0 Å². The maximum absolute atomic E-state index is 13.5. The van der Waals surface area contributed by atoms with Crippen LogP contribution in [0.2, 0.25) is 5.02 Å². The second kappa shape index (κ2) is 8.69. The summed E-state index contributed by atoms with van der Waals surface area (Å²) in [6.07, 6.45) is 1.70. The second-order valence-electron chi connectivity index (χ2n) is 7.42. The first-order valence-corrected chi connectivity index (χ1v) is 10.9. The van der Waals surface area contributed by atoms with E-state index in [1.807, 2.05) is 24.3 Å². The van der Waals surface area contributed by atoms with Gasteiger partial charge in [-0.15, -0.1) is 0 Å². The number of Topliss-reactive ketones (excluding diaryl/α,β-unsaturated/α-hetero) is 1. The molecule has 6 nitrogen and oxygen atoms in total. The molecule has 8 heteroatoms. The first kappa shape index (κ1) is 21.2. The Morgan fingerprint density at radius 3 is 2.48 bits per heavy atom. The number of anilines is 1. The lowest BCUT2D eigenvalue weighted by atomic mass is 10.1. The van der Waals surface area contributed by atoms with Gasteiger partial charge in [-0.3, -0.25) is 14.5 Å². The summed E-state index contributed by atoms with van der Waals surface area (Å²) in [4.78, 5) is 29.5. The van der Waals surface area contributed by atoms with E-state index in [0.717, 1.165) is 5.56 Å². The standard InChI is InChI=1S/C25H17ClN2O4S/c26-18-9-7-17(8-10-18)21(29)14-27-20(12-16-6-11-22-23(13-16)32-15-31-22)24(30)28(25(27)33)19-4-2-1-3-5-19/h1-13H,14-15H2/b20-12+. The van der Waals surface area contributed by atoms with Crippen LogP contribution >= 0.6 is 23.8 Å². The number of rotatable bonds is 5.